The lowest BCUT2D eigenvalue weighted by Crippen LogP contribution is -3.27. The number of rotatable bonds is 7. The van der Waals surface area contributed by atoms with Crippen LogP contribution in [-0.2, 0) is 6.54 Å². The van der Waals surface area contributed by atoms with Crippen LogP contribution in [0.25, 0.3) is 0 Å². The van der Waals surface area contributed by atoms with Gasteiger partial charge in [0.2, 0.25) is 0 Å². The van der Waals surface area contributed by atoms with Gasteiger partial charge in [-0.1, -0.05) is 12.2 Å². The van der Waals surface area contributed by atoms with E-state index in [1.54, 1.807) is 12.0 Å². The van der Waals surface area contributed by atoms with Crippen LogP contribution in [0, 0.1) is 5.92 Å². The van der Waals surface area contributed by atoms with Crippen molar-refractivity contribution in [2.24, 2.45) is 5.92 Å². The van der Waals surface area contributed by atoms with E-state index < -0.39 is 0 Å². The van der Waals surface area contributed by atoms with Crippen molar-refractivity contribution >= 4 is 0 Å². The van der Waals surface area contributed by atoms with Crippen molar-refractivity contribution in [2.75, 3.05) is 46.4 Å². The Balaban J connectivity index is 1.48. The Morgan fingerprint density at radius 3 is 2.52 bits per heavy atom. The fourth-order valence-corrected chi connectivity index (χ4v) is 4.18. The van der Waals surface area contributed by atoms with Crippen LogP contribution in [-0.4, -0.2) is 46.4 Å². The summed E-state index contributed by atoms with van der Waals surface area (Å²) >= 11 is 0. The van der Waals surface area contributed by atoms with Gasteiger partial charge in [0.25, 0.3) is 0 Å². The number of nitrogens with one attached hydrogen (secondary N) is 2. The summed E-state index contributed by atoms with van der Waals surface area (Å²) in [6, 6.07) is 6.38. The molecule has 0 spiro atoms. The van der Waals surface area contributed by atoms with E-state index in [9.17, 15) is 0 Å². The minimum atomic E-state index is 0.672. The predicted molar refractivity (Wildman–Crippen MR) is 101 cm³/mol. The van der Waals surface area contributed by atoms with Crippen LogP contribution < -0.4 is 19.3 Å². The highest BCUT2D eigenvalue weighted by molar-refractivity contribution is 5.42. The lowest BCUT2D eigenvalue weighted by atomic mass is 9.94. The number of methoxy groups -OCH3 is 1. The maximum Gasteiger partial charge on any atom is 0.161 e. The van der Waals surface area contributed by atoms with E-state index in [2.05, 4.69) is 24.3 Å². The fraction of sp³-hybridized carbons (Fsp3) is 0.619. The molecule has 4 nitrogen and oxygen atoms in total. The number of quaternary nitrogens is 2. The van der Waals surface area contributed by atoms with Crippen molar-refractivity contribution in [3.63, 3.8) is 0 Å². The van der Waals surface area contributed by atoms with Gasteiger partial charge in [0.05, 0.1) is 20.3 Å². The van der Waals surface area contributed by atoms with E-state index in [-0.39, 0.29) is 0 Å². The molecule has 138 valence electrons. The first-order valence-corrected chi connectivity index (χ1v) is 9.90. The van der Waals surface area contributed by atoms with Crippen LogP contribution >= 0.6 is 0 Å². The van der Waals surface area contributed by atoms with Crippen molar-refractivity contribution in [1.29, 1.82) is 0 Å². The zero-order valence-electron chi connectivity index (χ0n) is 15.9. The van der Waals surface area contributed by atoms with Crippen LogP contribution in [0.1, 0.15) is 31.7 Å². The number of hydrogen-bond donors (Lipinski definition) is 2. The number of ether oxygens (including phenoxy) is 2. The van der Waals surface area contributed by atoms with Crippen LogP contribution in [0.15, 0.2) is 30.4 Å². The topological polar surface area (TPSA) is 27.3 Å². The van der Waals surface area contributed by atoms with Crippen molar-refractivity contribution in [3.05, 3.63) is 35.9 Å². The van der Waals surface area contributed by atoms with E-state index in [1.165, 1.54) is 57.5 Å². The molecule has 1 saturated heterocycles. The van der Waals surface area contributed by atoms with Gasteiger partial charge in [-0.2, -0.15) is 0 Å². The summed E-state index contributed by atoms with van der Waals surface area (Å²) in [4.78, 5) is 3.51. The van der Waals surface area contributed by atoms with Gasteiger partial charge < -0.3 is 19.3 Å². The zero-order chi connectivity index (χ0) is 17.5. The summed E-state index contributed by atoms with van der Waals surface area (Å²) in [5, 5.41) is 0. The molecule has 1 aromatic rings. The van der Waals surface area contributed by atoms with Gasteiger partial charge >= 0.3 is 0 Å². The average Bonchev–Trinajstić information content (AvgIpc) is 2.65. The molecule has 2 aliphatic rings. The Bertz CT molecular complexity index is 565. The SMILES string of the molecule is CCOc1cc(C[NH+]2CC[NH+](C[C@H]3CC=CCC3)CC2)ccc1OC. The highest BCUT2D eigenvalue weighted by Gasteiger charge is 2.25. The van der Waals surface area contributed by atoms with Crippen molar-refractivity contribution in [2.45, 2.75) is 32.7 Å². The Morgan fingerprint density at radius 1 is 1.04 bits per heavy atom. The summed E-state index contributed by atoms with van der Waals surface area (Å²) in [6.07, 6.45) is 8.71. The smallest absolute Gasteiger partial charge is 0.161 e. The van der Waals surface area contributed by atoms with E-state index in [4.69, 9.17) is 9.47 Å². The van der Waals surface area contributed by atoms with Crippen molar-refractivity contribution in [1.82, 2.24) is 0 Å². The van der Waals surface area contributed by atoms with Crippen LogP contribution in [0.5, 0.6) is 11.5 Å². The molecule has 1 atom stereocenters. The van der Waals surface area contributed by atoms with Crippen LogP contribution in [0.4, 0.5) is 0 Å². The average molecular weight is 347 g/mol. The van der Waals surface area contributed by atoms with Gasteiger partial charge in [0.15, 0.2) is 11.5 Å². The molecule has 0 bridgehead atoms. The molecule has 0 aromatic heterocycles. The summed E-state index contributed by atoms with van der Waals surface area (Å²) in [5.74, 6) is 2.62. The zero-order valence-corrected chi connectivity index (χ0v) is 15.9. The number of benzene rings is 1. The molecule has 0 amide bonds. The molecule has 25 heavy (non-hydrogen) atoms. The van der Waals surface area contributed by atoms with Gasteiger partial charge in [-0.3, -0.25) is 0 Å². The second-order valence-corrected chi connectivity index (χ2v) is 7.45. The summed E-state index contributed by atoms with van der Waals surface area (Å²) in [5.41, 5.74) is 1.35. The Morgan fingerprint density at radius 2 is 1.84 bits per heavy atom. The summed E-state index contributed by atoms with van der Waals surface area (Å²) < 4.78 is 11.1. The molecular formula is C21H34N2O2+2. The maximum absolute atomic E-state index is 5.72. The number of allylic oxidation sites excluding steroid dienone is 2. The molecule has 1 aromatic carbocycles. The lowest BCUT2D eigenvalue weighted by molar-refractivity contribution is -1.02. The first-order valence-electron chi connectivity index (χ1n) is 9.90. The number of piperazine rings is 1. The van der Waals surface area contributed by atoms with Gasteiger partial charge in [-0.15, -0.1) is 0 Å². The third-order valence-electron chi connectivity index (χ3n) is 5.60. The van der Waals surface area contributed by atoms with Crippen LogP contribution in [0.3, 0.4) is 0 Å². The van der Waals surface area contributed by atoms with Gasteiger partial charge in [-0.05, 0) is 44.4 Å². The first kappa shape index (κ1) is 18.3. The largest absolute Gasteiger partial charge is 0.493 e. The molecule has 0 unspecified atom stereocenters. The molecule has 3 rings (SSSR count). The van der Waals surface area contributed by atoms with E-state index in [0.717, 1.165) is 24.0 Å². The second-order valence-electron chi connectivity index (χ2n) is 7.45. The van der Waals surface area contributed by atoms with Crippen molar-refractivity contribution in [3.8, 4) is 11.5 Å². The second kappa shape index (κ2) is 9.25. The highest BCUT2D eigenvalue weighted by atomic mass is 16.5. The van der Waals surface area contributed by atoms with E-state index in [1.807, 2.05) is 17.9 Å². The standard InChI is InChI=1S/C21H32N2O2/c1-3-25-21-15-19(9-10-20(21)24-2)17-23-13-11-22(12-14-23)16-18-7-5-4-6-8-18/h4-5,9-10,15,18H,3,6-8,11-14,16-17H2,1-2H3/p+2/t18-/m0/s1. The summed E-state index contributed by atoms with van der Waals surface area (Å²) in [6.45, 7) is 10.3. The fourth-order valence-electron chi connectivity index (χ4n) is 4.18. The summed E-state index contributed by atoms with van der Waals surface area (Å²) in [7, 11) is 1.70. The molecular weight excluding hydrogens is 312 g/mol. The molecule has 1 fully saturated rings. The minimum absolute atomic E-state index is 0.672. The van der Waals surface area contributed by atoms with Crippen LogP contribution in [0.2, 0.25) is 0 Å². The predicted octanol–water partition coefficient (Wildman–Crippen LogP) is 0.734. The Labute approximate surface area is 152 Å². The van der Waals surface area contributed by atoms with E-state index in [0.29, 0.717) is 6.61 Å². The monoisotopic (exact) mass is 346 g/mol. The quantitative estimate of drug-likeness (QED) is 0.713. The third-order valence-corrected chi connectivity index (χ3v) is 5.60. The molecule has 0 radical (unpaired) electrons. The van der Waals surface area contributed by atoms with E-state index >= 15 is 0 Å². The molecule has 1 aliphatic heterocycles. The first-order chi connectivity index (χ1) is 12.3. The Kier molecular flexibility index (Phi) is 6.76. The third kappa shape index (κ3) is 5.23. The Hall–Kier alpha value is -1.52. The maximum atomic E-state index is 5.72. The molecule has 2 N–H and O–H groups in total. The normalized spacial score (nSPS) is 26.4. The highest BCUT2D eigenvalue weighted by Crippen LogP contribution is 2.27. The number of hydrogen-bond acceptors (Lipinski definition) is 2. The molecule has 1 aliphatic carbocycles. The van der Waals surface area contributed by atoms with Gasteiger partial charge in [0.1, 0.15) is 32.7 Å². The lowest BCUT2D eigenvalue weighted by Gasteiger charge is -2.32. The molecule has 4 heteroatoms. The molecule has 0 saturated carbocycles. The minimum Gasteiger partial charge on any atom is -0.493 e. The van der Waals surface area contributed by atoms with Gasteiger partial charge in [0, 0.05) is 11.5 Å². The van der Waals surface area contributed by atoms with Gasteiger partial charge in [-0.25, -0.2) is 0 Å². The van der Waals surface area contributed by atoms with Crippen molar-refractivity contribution < 1.29 is 19.3 Å². The molecule has 1 heterocycles.